The van der Waals surface area contributed by atoms with Crippen LogP contribution in [0.2, 0.25) is 0 Å². The number of aromatic nitrogens is 1. The third-order valence-corrected chi connectivity index (χ3v) is 2.01. The van der Waals surface area contributed by atoms with E-state index >= 15 is 0 Å². The van der Waals surface area contributed by atoms with E-state index in [2.05, 4.69) is 4.98 Å². The molecule has 0 saturated heterocycles. The summed E-state index contributed by atoms with van der Waals surface area (Å²) in [4.78, 5) is 6.52. The Labute approximate surface area is 83.6 Å². The van der Waals surface area contributed by atoms with E-state index in [4.69, 9.17) is 18.0 Å². The van der Waals surface area contributed by atoms with Crippen molar-refractivity contribution in [2.24, 2.45) is 5.73 Å². The Balaban J connectivity index is 3.34. The van der Waals surface area contributed by atoms with Gasteiger partial charge in [-0.1, -0.05) is 12.2 Å². The minimum Gasteiger partial charge on any atom is -0.389 e. The summed E-state index contributed by atoms with van der Waals surface area (Å²) < 4.78 is 0. The van der Waals surface area contributed by atoms with Crippen molar-refractivity contribution in [3.63, 3.8) is 0 Å². The average molecular weight is 195 g/mol. The van der Waals surface area contributed by atoms with Crippen LogP contribution in [-0.2, 0) is 0 Å². The van der Waals surface area contributed by atoms with E-state index in [1.54, 1.807) is 6.20 Å². The number of thiocarbonyl (C=S) groups is 1. The Morgan fingerprint density at radius 1 is 1.54 bits per heavy atom. The van der Waals surface area contributed by atoms with Gasteiger partial charge in [0, 0.05) is 20.3 Å². The third kappa shape index (κ3) is 1.95. The molecule has 0 unspecified atom stereocenters. The lowest BCUT2D eigenvalue weighted by atomic mass is 10.1. The molecule has 0 atom stereocenters. The molecule has 4 heteroatoms. The van der Waals surface area contributed by atoms with E-state index < -0.39 is 0 Å². The van der Waals surface area contributed by atoms with Gasteiger partial charge in [-0.3, -0.25) is 0 Å². The predicted molar refractivity (Wildman–Crippen MR) is 59.2 cm³/mol. The molecule has 0 aliphatic carbocycles. The van der Waals surface area contributed by atoms with Crippen LogP contribution in [0.25, 0.3) is 0 Å². The standard InChI is InChI=1S/C9H13N3S/c1-6-4-5-11-9(12(2)3)7(6)8(10)13/h4-5H,1-3H3,(H2,10,13). The lowest BCUT2D eigenvalue weighted by molar-refractivity contribution is 1.06. The number of hydrogen-bond donors (Lipinski definition) is 1. The summed E-state index contributed by atoms with van der Waals surface area (Å²) in [5.41, 5.74) is 7.54. The van der Waals surface area contributed by atoms with Crippen molar-refractivity contribution in [3.8, 4) is 0 Å². The normalized spacial score (nSPS) is 9.77. The molecule has 1 heterocycles. The molecule has 2 N–H and O–H groups in total. The maximum absolute atomic E-state index is 5.62. The Morgan fingerprint density at radius 3 is 2.54 bits per heavy atom. The van der Waals surface area contributed by atoms with Crippen molar-refractivity contribution in [1.29, 1.82) is 0 Å². The van der Waals surface area contributed by atoms with E-state index in [0.717, 1.165) is 16.9 Å². The van der Waals surface area contributed by atoms with Gasteiger partial charge in [-0.15, -0.1) is 0 Å². The number of pyridine rings is 1. The minimum absolute atomic E-state index is 0.398. The summed E-state index contributed by atoms with van der Waals surface area (Å²) in [6.45, 7) is 1.98. The van der Waals surface area contributed by atoms with Crippen LogP contribution in [0.3, 0.4) is 0 Å². The average Bonchev–Trinajstić information content (AvgIpc) is 2.02. The Kier molecular flexibility index (Phi) is 2.83. The van der Waals surface area contributed by atoms with Gasteiger partial charge in [0.2, 0.25) is 0 Å². The molecule has 0 aliphatic heterocycles. The maximum Gasteiger partial charge on any atom is 0.138 e. The van der Waals surface area contributed by atoms with Crippen LogP contribution in [-0.4, -0.2) is 24.1 Å². The molecular formula is C9H13N3S. The summed E-state index contributed by atoms with van der Waals surface area (Å²) in [7, 11) is 3.84. The van der Waals surface area contributed by atoms with Gasteiger partial charge >= 0.3 is 0 Å². The van der Waals surface area contributed by atoms with Gasteiger partial charge in [0.25, 0.3) is 0 Å². The van der Waals surface area contributed by atoms with E-state index in [0.29, 0.717) is 4.99 Å². The zero-order chi connectivity index (χ0) is 10.0. The first-order chi connectivity index (χ1) is 6.04. The fraction of sp³-hybridized carbons (Fsp3) is 0.333. The second kappa shape index (κ2) is 3.70. The highest BCUT2D eigenvalue weighted by Crippen LogP contribution is 2.18. The maximum atomic E-state index is 5.62. The zero-order valence-electron chi connectivity index (χ0n) is 8.03. The molecule has 0 fully saturated rings. The second-order valence-corrected chi connectivity index (χ2v) is 3.52. The molecule has 70 valence electrons. The SMILES string of the molecule is Cc1ccnc(N(C)C)c1C(N)=S. The number of anilines is 1. The quantitative estimate of drug-likeness (QED) is 0.717. The first-order valence-corrected chi connectivity index (χ1v) is 4.37. The number of hydrogen-bond acceptors (Lipinski definition) is 3. The molecule has 1 aromatic rings. The van der Waals surface area contributed by atoms with Gasteiger partial charge in [0.1, 0.15) is 10.8 Å². The van der Waals surface area contributed by atoms with Crippen molar-refractivity contribution in [2.75, 3.05) is 19.0 Å². The molecule has 0 aromatic carbocycles. The van der Waals surface area contributed by atoms with Gasteiger partial charge in [-0.2, -0.15) is 0 Å². The van der Waals surface area contributed by atoms with Crippen LogP contribution in [0.1, 0.15) is 11.1 Å². The zero-order valence-corrected chi connectivity index (χ0v) is 8.85. The van der Waals surface area contributed by atoms with Gasteiger partial charge < -0.3 is 10.6 Å². The highest BCUT2D eigenvalue weighted by atomic mass is 32.1. The van der Waals surface area contributed by atoms with E-state index in [1.807, 2.05) is 32.0 Å². The van der Waals surface area contributed by atoms with Crippen molar-refractivity contribution < 1.29 is 0 Å². The highest BCUT2D eigenvalue weighted by Gasteiger charge is 2.10. The molecule has 0 spiro atoms. The first-order valence-electron chi connectivity index (χ1n) is 3.96. The number of rotatable bonds is 2. The molecule has 0 aliphatic rings. The van der Waals surface area contributed by atoms with Gasteiger partial charge in [-0.25, -0.2) is 4.98 Å². The molecule has 1 aromatic heterocycles. The van der Waals surface area contributed by atoms with Crippen LogP contribution >= 0.6 is 12.2 Å². The van der Waals surface area contributed by atoms with Gasteiger partial charge in [0.05, 0.1) is 5.56 Å². The Bertz CT molecular complexity index is 334. The lowest BCUT2D eigenvalue weighted by Crippen LogP contribution is -2.20. The monoisotopic (exact) mass is 195 g/mol. The van der Waals surface area contributed by atoms with E-state index in [1.165, 1.54) is 0 Å². The fourth-order valence-electron chi connectivity index (χ4n) is 1.19. The molecule has 3 nitrogen and oxygen atoms in total. The Morgan fingerprint density at radius 2 is 2.15 bits per heavy atom. The van der Waals surface area contributed by atoms with E-state index in [-0.39, 0.29) is 0 Å². The van der Waals surface area contributed by atoms with Gasteiger partial charge in [0.15, 0.2) is 0 Å². The summed E-state index contributed by atoms with van der Waals surface area (Å²) in [6, 6.07) is 1.90. The predicted octanol–water partition coefficient (Wildman–Crippen LogP) is 1.09. The first kappa shape index (κ1) is 9.92. The molecule has 0 bridgehead atoms. The fourth-order valence-corrected chi connectivity index (χ4v) is 1.44. The molecule has 1 rings (SSSR count). The summed E-state index contributed by atoms with van der Waals surface area (Å²) in [6.07, 6.45) is 1.76. The van der Waals surface area contributed by atoms with Crippen molar-refractivity contribution in [1.82, 2.24) is 4.98 Å². The molecular weight excluding hydrogens is 182 g/mol. The van der Waals surface area contributed by atoms with Crippen LogP contribution in [0, 0.1) is 6.92 Å². The third-order valence-electron chi connectivity index (χ3n) is 1.81. The Hall–Kier alpha value is -1.16. The molecule has 0 amide bonds. The summed E-state index contributed by atoms with van der Waals surface area (Å²) >= 11 is 4.97. The summed E-state index contributed by atoms with van der Waals surface area (Å²) in [5.74, 6) is 0.826. The van der Waals surface area contributed by atoms with Crippen molar-refractivity contribution in [3.05, 3.63) is 23.4 Å². The second-order valence-electron chi connectivity index (χ2n) is 3.09. The number of aryl methyl sites for hydroxylation is 1. The van der Waals surface area contributed by atoms with Crippen LogP contribution < -0.4 is 10.6 Å². The molecule has 0 radical (unpaired) electrons. The van der Waals surface area contributed by atoms with Crippen LogP contribution in [0.4, 0.5) is 5.82 Å². The van der Waals surface area contributed by atoms with Crippen molar-refractivity contribution in [2.45, 2.75) is 6.92 Å². The van der Waals surface area contributed by atoms with Crippen LogP contribution in [0.5, 0.6) is 0 Å². The van der Waals surface area contributed by atoms with Crippen LogP contribution in [0.15, 0.2) is 12.3 Å². The molecule has 0 saturated carbocycles. The highest BCUT2D eigenvalue weighted by molar-refractivity contribution is 7.80. The van der Waals surface area contributed by atoms with Gasteiger partial charge in [-0.05, 0) is 18.6 Å². The lowest BCUT2D eigenvalue weighted by Gasteiger charge is -2.16. The number of nitrogens with zero attached hydrogens (tertiary/aromatic N) is 2. The van der Waals surface area contributed by atoms with Crippen molar-refractivity contribution >= 4 is 23.0 Å². The topological polar surface area (TPSA) is 42.2 Å². The smallest absolute Gasteiger partial charge is 0.138 e. The largest absolute Gasteiger partial charge is 0.389 e. The van der Waals surface area contributed by atoms with E-state index in [9.17, 15) is 0 Å². The minimum atomic E-state index is 0.398. The summed E-state index contributed by atoms with van der Waals surface area (Å²) in [5, 5.41) is 0. The number of nitrogens with two attached hydrogens (primary N) is 1. The molecule has 13 heavy (non-hydrogen) atoms.